The summed E-state index contributed by atoms with van der Waals surface area (Å²) < 4.78 is 49.6. The Bertz CT molecular complexity index is 1130. The molecule has 2 atom stereocenters. The first-order valence-corrected chi connectivity index (χ1v) is 11.3. The lowest BCUT2D eigenvalue weighted by Gasteiger charge is -2.39. The third-order valence-corrected chi connectivity index (χ3v) is 5.94. The van der Waals surface area contributed by atoms with Crippen LogP contribution in [0, 0.1) is 10.1 Å². The van der Waals surface area contributed by atoms with Crippen LogP contribution in [-0.4, -0.2) is 47.7 Å². The molecule has 1 saturated heterocycles. The van der Waals surface area contributed by atoms with Gasteiger partial charge in [-0.1, -0.05) is 0 Å². The average molecular weight is 508 g/mol. The summed E-state index contributed by atoms with van der Waals surface area (Å²) >= 11 is 0. The molecule has 0 bridgehead atoms. The zero-order valence-corrected chi connectivity index (χ0v) is 20.0. The van der Waals surface area contributed by atoms with Gasteiger partial charge in [0.2, 0.25) is 0 Å². The highest BCUT2D eigenvalue weighted by atomic mass is 19.4. The van der Waals surface area contributed by atoms with E-state index in [1.807, 2.05) is 18.7 Å². The van der Waals surface area contributed by atoms with Crippen molar-refractivity contribution in [2.75, 3.05) is 19.1 Å². The quantitative estimate of drug-likeness (QED) is 0.297. The average Bonchev–Trinajstić information content (AvgIpc) is 2.82. The number of nitrogens with one attached hydrogen (secondary N) is 1. The number of hydrogen-bond donors (Lipinski definition) is 1. The molecule has 0 radical (unpaired) electrons. The van der Waals surface area contributed by atoms with Gasteiger partial charge >= 0.3 is 6.18 Å². The maximum absolute atomic E-state index is 12.9. The van der Waals surface area contributed by atoms with E-state index in [-0.39, 0.29) is 30.3 Å². The normalized spacial score (nSPS) is 18.2. The zero-order valence-electron chi connectivity index (χ0n) is 20.0. The maximum Gasteiger partial charge on any atom is 0.416 e. The Morgan fingerprint density at radius 1 is 1.19 bits per heavy atom. The van der Waals surface area contributed by atoms with Crippen molar-refractivity contribution in [3.8, 4) is 11.5 Å². The first-order chi connectivity index (χ1) is 17.0. The molecule has 0 aromatic heterocycles. The van der Waals surface area contributed by atoms with Gasteiger partial charge in [0.05, 0.1) is 23.8 Å². The van der Waals surface area contributed by atoms with Gasteiger partial charge in [-0.2, -0.15) is 18.3 Å². The third-order valence-electron chi connectivity index (χ3n) is 5.94. The molecule has 0 saturated carbocycles. The number of anilines is 1. The van der Waals surface area contributed by atoms with E-state index in [2.05, 4.69) is 10.5 Å². The van der Waals surface area contributed by atoms with Gasteiger partial charge in [0.15, 0.2) is 18.1 Å². The van der Waals surface area contributed by atoms with Crippen LogP contribution in [0.25, 0.3) is 0 Å². The number of carbonyl (C=O) groups is 1. The monoisotopic (exact) mass is 508 g/mol. The first-order valence-electron chi connectivity index (χ1n) is 11.3. The smallest absolute Gasteiger partial charge is 0.416 e. The van der Waals surface area contributed by atoms with Crippen LogP contribution < -0.4 is 14.9 Å². The molecule has 12 heteroatoms. The molecule has 1 N–H and O–H groups in total. The second kappa shape index (κ2) is 11.3. The molecule has 1 amide bonds. The summed E-state index contributed by atoms with van der Waals surface area (Å²) in [6.07, 6.45) is -0.392. The highest BCUT2D eigenvalue weighted by Gasteiger charge is 2.33. The fourth-order valence-electron chi connectivity index (χ4n) is 4.14. The van der Waals surface area contributed by atoms with Crippen LogP contribution in [0.3, 0.4) is 0 Å². The second-order valence-electron chi connectivity index (χ2n) is 8.49. The van der Waals surface area contributed by atoms with Gasteiger partial charge in [-0.3, -0.25) is 20.3 Å². The minimum Gasteiger partial charge on any atom is -0.493 e. The van der Waals surface area contributed by atoms with E-state index < -0.39 is 22.4 Å². The molecule has 2 aromatic carbocycles. The Labute approximate surface area is 206 Å². The molecule has 1 fully saturated rings. The lowest BCUT2D eigenvalue weighted by atomic mass is 9.97. The molecule has 9 nitrogen and oxygen atoms in total. The van der Waals surface area contributed by atoms with Crippen LogP contribution >= 0.6 is 0 Å². The molecule has 194 valence electrons. The van der Waals surface area contributed by atoms with Crippen molar-refractivity contribution in [1.29, 1.82) is 0 Å². The summed E-state index contributed by atoms with van der Waals surface area (Å²) in [4.78, 5) is 24.8. The van der Waals surface area contributed by atoms with Crippen molar-refractivity contribution in [1.82, 2.24) is 4.90 Å². The molecule has 0 spiro atoms. The number of rotatable bonds is 8. The van der Waals surface area contributed by atoms with Gasteiger partial charge in [0, 0.05) is 18.2 Å². The number of ether oxygens (including phenoxy) is 2. The summed E-state index contributed by atoms with van der Waals surface area (Å²) in [5, 5.41) is 15.1. The van der Waals surface area contributed by atoms with E-state index >= 15 is 0 Å². The van der Waals surface area contributed by atoms with Crippen LogP contribution in [0.1, 0.15) is 44.2 Å². The van der Waals surface area contributed by atoms with Crippen LogP contribution in [0.2, 0.25) is 0 Å². The summed E-state index contributed by atoms with van der Waals surface area (Å²) in [7, 11) is 1.43. The van der Waals surface area contributed by atoms with Crippen molar-refractivity contribution in [2.24, 2.45) is 5.10 Å². The SMILES string of the molecule is COc1cc(C=NNc2ccc(C(F)(F)F)cc2[N+](=O)[O-])ccc1OCC(=O)N1C(C)CCCC1C. The molecular formula is C24H27F3N4O5. The number of nitrogens with zero attached hydrogens (tertiary/aromatic N) is 3. The Morgan fingerprint density at radius 2 is 1.89 bits per heavy atom. The predicted octanol–water partition coefficient (Wildman–Crippen LogP) is 5.24. The lowest BCUT2D eigenvalue weighted by Crippen LogP contribution is -2.49. The number of nitro groups is 1. The molecule has 2 aromatic rings. The summed E-state index contributed by atoms with van der Waals surface area (Å²) in [5.74, 6) is 0.586. The molecule has 3 rings (SSSR count). The zero-order chi connectivity index (χ0) is 26.5. The lowest BCUT2D eigenvalue weighted by molar-refractivity contribution is -0.384. The molecule has 0 aliphatic carbocycles. The molecule has 1 aliphatic rings. The van der Waals surface area contributed by atoms with Crippen molar-refractivity contribution in [2.45, 2.75) is 51.4 Å². The van der Waals surface area contributed by atoms with Gasteiger partial charge in [0.1, 0.15) is 5.69 Å². The van der Waals surface area contributed by atoms with Gasteiger partial charge in [0.25, 0.3) is 11.6 Å². The number of halogens is 3. The second-order valence-corrected chi connectivity index (χ2v) is 8.49. The van der Waals surface area contributed by atoms with Gasteiger partial charge in [-0.05, 0) is 69.0 Å². The third kappa shape index (κ3) is 6.43. The van der Waals surface area contributed by atoms with E-state index in [0.29, 0.717) is 23.1 Å². The molecule has 1 heterocycles. The Balaban J connectivity index is 1.68. The highest BCUT2D eigenvalue weighted by Crippen LogP contribution is 2.35. The van der Waals surface area contributed by atoms with Crippen LogP contribution in [0.15, 0.2) is 41.5 Å². The van der Waals surface area contributed by atoms with E-state index in [1.54, 1.807) is 18.2 Å². The predicted molar refractivity (Wildman–Crippen MR) is 127 cm³/mol. The number of carbonyl (C=O) groups excluding carboxylic acids is 1. The highest BCUT2D eigenvalue weighted by molar-refractivity contribution is 5.82. The number of piperidine rings is 1. The largest absolute Gasteiger partial charge is 0.493 e. The minimum absolute atomic E-state index is 0.107. The molecule has 2 unspecified atom stereocenters. The van der Waals surface area contributed by atoms with Crippen LogP contribution in [-0.2, 0) is 11.0 Å². The summed E-state index contributed by atoms with van der Waals surface area (Å²) in [6.45, 7) is 3.91. The Hall–Kier alpha value is -3.83. The minimum atomic E-state index is -4.71. The number of alkyl halides is 3. The van der Waals surface area contributed by atoms with E-state index in [9.17, 15) is 28.1 Å². The first kappa shape index (κ1) is 26.8. The maximum atomic E-state index is 12.9. The number of benzene rings is 2. The van der Waals surface area contributed by atoms with Gasteiger partial charge in [-0.25, -0.2) is 0 Å². The number of methoxy groups -OCH3 is 1. The number of hydrogen-bond acceptors (Lipinski definition) is 7. The Morgan fingerprint density at radius 3 is 2.50 bits per heavy atom. The van der Waals surface area contributed by atoms with Crippen LogP contribution in [0.5, 0.6) is 11.5 Å². The number of nitro benzene ring substituents is 1. The van der Waals surface area contributed by atoms with Crippen molar-refractivity contribution >= 4 is 23.5 Å². The fourth-order valence-corrected chi connectivity index (χ4v) is 4.14. The topological polar surface area (TPSA) is 106 Å². The van der Waals surface area contributed by atoms with Gasteiger partial charge in [-0.15, -0.1) is 0 Å². The van der Waals surface area contributed by atoms with E-state index in [0.717, 1.165) is 31.4 Å². The van der Waals surface area contributed by atoms with Crippen molar-refractivity contribution < 1.29 is 32.4 Å². The number of likely N-dealkylation sites (tertiary alicyclic amines) is 1. The van der Waals surface area contributed by atoms with E-state index in [1.165, 1.54) is 13.3 Å². The standard InChI is InChI=1S/C24H27F3N4O5/c1-15-5-4-6-16(2)30(15)23(32)14-36-21-10-7-17(11-22(21)35-3)13-28-29-19-9-8-18(24(25,26)27)12-20(19)31(33)34/h7-13,15-16,29H,4-6,14H2,1-3H3. The van der Waals surface area contributed by atoms with Crippen molar-refractivity contribution in [3.05, 3.63) is 57.6 Å². The van der Waals surface area contributed by atoms with Crippen LogP contribution in [0.4, 0.5) is 24.5 Å². The van der Waals surface area contributed by atoms with Crippen molar-refractivity contribution in [3.63, 3.8) is 0 Å². The Kier molecular flexibility index (Phi) is 8.38. The molecule has 1 aliphatic heterocycles. The molecular weight excluding hydrogens is 481 g/mol. The fraction of sp³-hybridized carbons (Fsp3) is 0.417. The number of amides is 1. The van der Waals surface area contributed by atoms with Gasteiger partial charge < -0.3 is 14.4 Å². The summed E-state index contributed by atoms with van der Waals surface area (Å²) in [6, 6.07) is 7.22. The number of hydrazone groups is 1. The molecule has 36 heavy (non-hydrogen) atoms. The van der Waals surface area contributed by atoms with E-state index in [4.69, 9.17) is 9.47 Å². The summed E-state index contributed by atoms with van der Waals surface area (Å²) in [5.41, 5.74) is 0.826.